The summed E-state index contributed by atoms with van der Waals surface area (Å²) in [4.78, 5) is 4.79. The van der Waals surface area contributed by atoms with Crippen LogP contribution in [0.25, 0.3) is 0 Å². The van der Waals surface area contributed by atoms with Gasteiger partial charge < -0.3 is 0 Å². The summed E-state index contributed by atoms with van der Waals surface area (Å²) in [6, 6.07) is 1.73. The van der Waals surface area contributed by atoms with Crippen LogP contribution >= 0.6 is 11.3 Å². The van der Waals surface area contributed by atoms with Gasteiger partial charge in [-0.05, 0) is 57.1 Å². The summed E-state index contributed by atoms with van der Waals surface area (Å²) in [5, 5.41) is 7.23. The van der Waals surface area contributed by atoms with E-state index in [4.69, 9.17) is 0 Å². The van der Waals surface area contributed by atoms with Gasteiger partial charge in [-0.15, -0.1) is 11.3 Å². The number of halogens is 3. The van der Waals surface area contributed by atoms with E-state index in [1.807, 2.05) is 13.8 Å². The topological polar surface area (TPSA) is 41.6 Å². The Hall–Kier alpha value is -1.37. The first-order chi connectivity index (χ1) is 10.8. The van der Waals surface area contributed by atoms with Crippen molar-refractivity contribution in [3.05, 3.63) is 33.0 Å². The number of alkyl halides is 3. The van der Waals surface area contributed by atoms with Gasteiger partial charge in [-0.2, -0.15) is 18.3 Å². The number of hydrogen-bond donors (Lipinski definition) is 1. The van der Waals surface area contributed by atoms with Crippen molar-refractivity contribution in [2.45, 2.75) is 63.0 Å². The van der Waals surface area contributed by atoms with Gasteiger partial charge in [0.15, 0.2) is 5.82 Å². The number of aromatic nitrogens is 3. The van der Waals surface area contributed by atoms with Crippen molar-refractivity contribution < 1.29 is 13.2 Å². The van der Waals surface area contributed by atoms with Crippen LogP contribution in [0.15, 0.2) is 6.07 Å². The monoisotopic (exact) mass is 341 g/mol. The minimum absolute atomic E-state index is 0.0709. The summed E-state index contributed by atoms with van der Waals surface area (Å²) in [6.07, 6.45) is -0.357. The molecule has 23 heavy (non-hydrogen) atoms. The Kier molecular flexibility index (Phi) is 3.18. The number of rotatable bonds is 4. The quantitative estimate of drug-likeness (QED) is 0.853. The lowest BCUT2D eigenvalue weighted by Gasteiger charge is -2.19. The third-order valence-corrected chi connectivity index (χ3v) is 6.20. The second kappa shape index (κ2) is 4.82. The van der Waals surface area contributed by atoms with E-state index in [0.29, 0.717) is 22.2 Å². The summed E-state index contributed by atoms with van der Waals surface area (Å²) in [5.74, 6) is 1.96. The fourth-order valence-electron chi connectivity index (χ4n) is 2.84. The molecule has 0 spiro atoms. The molecule has 7 heteroatoms. The van der Waals surface area contributed by atoms with Crippen molar-refractivity contribution >= 4 is 11.3 Å². The van der Waals surface area contributed by atoms with Gasteiger partial charge in [0.2, 0.25) is 0 Å². The Morgan fingerprint density at radius 1 is 1.13 bits per heavy atom. The molecule has 4 rings (SSSR count). The van der Waals surface area contributed by atoms with Crippen LogP contribution in [-0.2, 0) is 11.6 Å². The average Bonchev–Trinajstić information content (AvgIpc) is 3.39. The molecule has 124 valence electrons. The van der Waals surface area contributed by atoms with Crippen molar-refractivity contribution in [2.75, 3.05) is 0 Å². The highest BCUT2D eigenvalue weighted by Gasteiger charge is 2.43. The van der Waals surface area contributed by atoms with Gasteiger partial charge in [0, 0.05) is 10.8 Å². The highest BCUT2D eigenvalue weighted by molar-refractivity contribution is 7.12. The van der Waals surface area contributed by atoms with Gasteiger partial charge in [-0.1, -0.05) is 0 Å². The number of nitrogens with one attached hydrogen (secondary N) is 1. The lowest BCUT2D eigenvalue weighted by molar-refractivity contribution is -0.134. The minimum atomic E-state index is -4.28. The first-order valence-electron chi connectivity index (χ1n) is 7.91. The number of H-pyrrole nitrogens is 1. The average molecular weight is 341 g/mol. The van der Waals surface area contributed by atoms with Crippen LogP contribution < -0.4 is 0 Å². The van der Waals surface area contributed by atoms with Gasteiger partial charge in [-0.3, -0.25) is 5.10 Å². The summed E-state index contributed by atoms with van der Waals surface area (Å²) in [6.45, 7) is 3.80. The normalized spacial score (nSPS) is 19.3. The molecule has 2 aliphatic carbocycles. The fourth-order valence-corrected chi connectivity index (χ4v) is 4.05. The molecule has 1 N–H and O–H groups in total. The highest BCUT2D eigenvalue weighted by atomic mass is 32.1. The van der Waals surface area contributed by atoms with Crippen LogP contribution in [-0.4, -0.2) is 15.2 Å². The first-order valence-corrected chi connectivity index (χ1v) is 8.72. The van der Waals surface area contributed by atoms with E-state index in [2.05, 4.69) is 15.2 Å². The maximum atomic E-state index is 13.3. The van der Waals surface area contributed by atoms with Crippen molar-refractivity contribution in [3.8, 4) is 0 Å². The van der Waals surface area contributed by atoms with E-state index < -0.39 is 16.5 Å². The van der Waals surface area contributed by atoms with Gasteiger partial charge in [0.05, 0.1) is 5.41 Å². The summed E-state index contributed by atoms with van der Waals surface area (Å²) in [5.41, 5.74) is -0.162. The molecule has 2 aromatic heterocycles. The zero-order chi connectivity index (χ0) is 16.4. The Morgan fingerprint density at radius 3 is 2.35 bits per heavy atom. The third-order valence-electron chi connectivity index (χ3n) is 4.68. The standard InChI is InChI=1S/C16H18F3N3S/c1-15(2,14-20-13(21-22-14)9-5-6-9)11-7-10(8-3-4-8)12(23-11)16(17,18)19/h7-9H,3-6H2,1-2H3,(H,20,21,22). The van der Waals surface area contributed by atoms with Crippen LogP contribution in [0.4, 0.5) is 13.2 Å². The third kappa shape index (κ3) is 2.69. The SMILES string of the molecule is CC(C)(c1n[nH]c(C2CC2)n1)c1cc(C2CC2)c(C(F)(F)F)s1. The smallest absolute Gasteiger partial charge is 0.263 e. The van der Waals surface area contributed by atoms with Crippen molar-refractivity contribution in [3.63, 3.8) is 0 Å². The molecule has 0 unspecified atom stereocenters. The molecule has 0 atom stereocenters. The minimum Gasteiger partial charge on any atom is -0.263 e. The first kappa shape index (κ1) is 15.2. The molecule has 0 amide bonds. The van der Waals surface area contributed by atoms with E-state index >= 15 is 0 Å². The second-order valence-electron chi connectivity index (χ2n) is 7.11. The number of hydrogen-bond acceptors (Lipinski definition) is 3. The molecule has 0 radical (unpaired) electrons. The van der Waals surface area contributed by atoms with Gasteiger partial charge in [0.1, 0.15) is 10.7 Å². The zero-order valence-electron chi connectivity index (χ0n) is 13.0. The van der Waals surface area contributed by atoms with Crippen LogP contribution in [0.1, 0.15) is 78.3 Å². The molecule has 2 fully saturated rings. The van der Waals surface area contributed by atoms with Crippen molar-refractivity contribution in [2.24, 2.45) is 0 Å². The van der Waals surface area contributed by atoms with Gasteiger partial charge >= 0.3 is 6.18 Å². The summed E-state index contributed by atoms with van der Waals surface area (Å²) in [7, 11) is 0. The largest absolute Gasteiger partial charge is 0.425 e. The molecule has 2 aromatic rings. The Balaban J connectivity index is 1.72. The molecule has 3 nitrogen and oxygen atoms in total. The molecule has 0 aromatic carbocycles. The molecular weight excluding hydrogens is 323 g/mol. The molecule has 2 heterocycles. The zero-order valence-corrected chi connectivity index (χ0v) is 13.8. The Bertz CT molecular complexity index is 736. The van der Waals surface area contributed by atoms with Crippen molar-refractivity contribution in [1.29, 1.82) is 0 Å². The lowest BCUT2D eigenvalue weighted by Crippen LogP contribution is -2.19. The number of aromatic amines is 1. The van der Waals surface area contributed by atoms with Crippen LogP contribution in [0.2, 0.25) is 0 Å². The van der Waals surface area contributed by atoms with Gasteiger partial charge in [-0.25, -0.2) is 4.98 Å². The lowest BCUT2D eigenvalue weighted by atomic mass is 9.89. The molecule has 2 saturated carbocycles. The van der Waals surface area contributed by atoms with E-state index in [1.165, 1.54) is 0 Å². The predicted molar refractivity (Wildman–Crippen MR) is 81.8 cm³/mol. The molecule has 0 saturated heterocycles. The van der Waals surface area contributed by atoms with Crippen molar-refractivity contribution in [1.82, 2.24) is 15.2 Å². The maximum Gasteiger partial charge on any atom is 0.425 e. The maximum absolute atomic E-state index is 13.3. The van der Waals surface area contributed by atoms with E-state index in [1.54, 1.807) is 6.07 Å². The Labute approximate surface area is 136 Å². The van der Waals surface area contributed by atoms with Crippen LogP contribution in [0.3, 0.4) is 0 Å². The summed E-state index contributed by atoms with van der Waals surface area (Å²) < 4.78 is 40.0. The Morgan fingerprint density at radius 2 is 1.78 bits per heavy atom. The van der Waals surface area contributed by atoms with E-state index in [9.17, 15) is 13.2 Å². The molecular formula is C16H18F3N3S. The highest BCUT2D eigenvalue weighted by Crippen LogP contribution is 2.51. The molecule has 0 aliphatic heterocycles. The predicted octanol–water partition coefficient (Wildman–Crippen LogP) is 4.97. The molecule has 0 bridgehead atoms. The fraction of sp³-hybridized carbons (Fsp3) is 0.625. The van der Waals surface area contributed by atoms with E-state index in [0.717, 1.165) is 42.8 Å². The number of thiophene rings is 1. The number of nitrogens with zero attached hydrogens (tertiary/aromatic N) is 2. The second-order valence-corrected chi connectivity index (χ2v) is 8.16. The van der Waals surface area contributed by atoms with E-state index in [-0.39, 0.29) is 5.92 Å². The van der Waals surface area contributed by atoms with Crippen LogP contribution in [0, 0.1) is 0 Å². The van der Waals surface area contributed by atoms with Gasteiger partial charge in [0.25, 0.3) is 0 Å². The summed E-state index contributed by atoms with van der Waals surface area (Å²) >= 11 is 0.851. The molecule has 2 aliphatic rings. The van der Waals surface area contributed by atoms with Crippen LogP contribution in [0.5, 0.6) is 0 Å².